The lowest BCUT2D eigenvalue weighted by Gasteiger charge is -2.25. The van der Waals surface area contributed by atoms with Crippen LogP contribution in [0.3, 0.4) is 0 Å². The van der Waals surface area contributed by atoms with Crippen LogP contribution in [0.25, 0.3) is 10.4 Å². The van der Waals surface area contributed by atoms with E-state index in [1.165, 1.54) is 17.4 Å². The summed E-state index contributed by atoms with van der Waals surface area (Å²) in [6.45, 7) is 7.62. The van der Waals surface area contributed by atoms with Crippen molar-refractivity contribution in [2.75, 3.05) is 42.3 Å². The minimum absolute atomic E-state index is 0.0958. The number of amides is 2. The number of ether oxygens (including phenoxy) is 1. The number of anilines is 3. The normalized spacial score (nSPS) is 12.8. The third kappa shape index (κ3) is 6.16. The van der Waals surface area contributed by atoms with E-state index in [1.807, 2.05) is 42.5 Å². The van der Waals surface area contributed by atoms with Crippen molar-refractivity contribution in [3.05, 3.63) is 94.2 Å². The number of fused-ring (bicyclic) bond motifs is 3. The lowest BCUT2D eigenvalue weighted by atomic mass is 9.95. The average Bonchev–Trinajstić information content (AvgIpc) is 3.32. The van der Waals surface area contributed by atoms with Gasteiger partial charge in [-0.05, 0) is 54.8 Å². The van der Waals surface area contributed by atoms with Crippen LogP contribution in [0.5, 0.6) is 0 Å². The van der Waals surface area contributed by atoms with Gasteiger partial charge in [0.25, 0.3) is 11.8 Å². The van der Waals surface area contributed by atoms with Gasteiger partial charge in [0.15, 0.2) is 0 Å². The van der Waals surface area contributed by atoms with Gasteiger partial charge >= 0.3 is 0 Å². The Labute approximate surface area is 243 Å². The number of thiophene rings is 1. The first-order valence-electron chi connectivity index (χ1n) is 13.5. The van der Waals surface area contributed by atoms with E-state index in [9.17, 15) is 14.0 Å². The van der Waals surface area contributed by atoms with Gasteiger partial charge in [-0.25, -0.2) is 9.37 Å². The van der Waals surface area contributed by atoms with E-state index in [-0.39, 0.29) is 22.9 Å². The van der Waals surface area contributed by atoms with Crippen molar-refractivity contribution < 1.29 is 18.7 Å². The summed E-state index contributed by atoms with van der Waals surface area (Å²) in [5, 5.41) is 6.06. The standard InChI is InChI=1S/C32H33FN4O3S/c1-20-9-7-11-23(33)28(20)36-30(38)26-17-21-15-16-37(25-13-6-5-10-22(25)29(21)41-26)31(39)24-12-8-14-27(35-24)34-18-32(2,3)19-40-4/h5-14,17H,15-16,18-19H2,1-4H3,(H,34,35)(H,36,38). The smallest absolute Gasteiger partial charge is 0.276 e. The zero-order chi connectivity index (χ0) is 29.1. The van der Waals surface area contributed by atoms with E-state index in [2.05, 4.69) is 29.5 Å². The van der Waals surface area contributed by atoms with Crippen LogP contribution in [-0.4, -0.2) is 43.6 Å². The Balaban J connectivity index is 1.40. The minimum atomic E-state index is -0.470. The molecular formula is C32H33FN4O3S. The molecule has 0 atom stereocenters. The molecule has 2 N–H and O–H groups in total. The first-order chi connectivity index (χ1) is 19.7. The highest BCUT2D eigenvalue weighted by Crippen LogP contribution is 2.42. The molecular weight excluding hydrogens is 539 g/mol. The highest BCUT2D eigenvalue weighted by Gasteiger charge is 2.28. The maximum atomic E-state index is 14.4. The van der Waals surface area contributed by atoms with Crippen LogP contribution < -0.4 is 15.5 Å². The second-order valence-electron chi connectivity index (χ2n) is 10.9. The highest BCUT2D eigenvalue weighted by molar-refractivity contribution is 7.17. The number of carbonyl (C=O) groups excluding carboxylic acids is 2. The fourth-order valence-electron chi connectivity index (χ4n) is 4.95. The van der Waals surface area contributed by atoms with Crippen LogP contribution in [0.4, 0.5) is 21.6 Å². The second kappa shape index (κ2) is 11.8. The van der Waals surface area contributed by atoms with Gasteiger partial charge in [0, 0.05) is 36.1 Å². The second-order valence-corrected chi connectivity index (χ2v) is 12.0. The van der Waals surface area contributed by atoms with E-state index in [0.717, 1.165) is 21.7 Å². The zero-order valence-electron chi connectivity index (χ0n) is 23.6. The number of hydrogen-bond acceptors (Lipinski definition) is 6. The molecule has 3 heterocycles. The third-order valence-electron chi connectivity index (χ3n) is 7.03. The first-order valence-corrected chi connectivity index (χ1v) is 14.3. The van der Waals surface area contributed by atoms with Gasteiger partial charge in [-0.3, -0.25) is 9.59 Å². The summed E-state index contributed by atoms with van der Waals surface area (Å²) in [4.78, 5) is 34.7. The number of nitrogens with zero attached hydrogens (tertiary/aromatic N) is 2. The number of aromatic nitrogens is 1. The molecule has 2 aromatic carbocycles. The Morgan fingerprint density at radius 2 is 1.88 bits per heavy atom. The molecule has 0 fully saturated rings. The minimum Gasteiger partial charge on any atom is -0.384 e. The topological polar surface area (TPSA) is 83.6 Å². The summed E-state index contributed by atoms with van der Waals surface area (Å²) in [6, 6.07) is 19.6. The van der Waals surface area contributed by atoms with Crippen LogP contribution in [0.2, 0.25) is 0 Å². The van der Waals surface area contributed by atoms with Gasteiger partial charge in [0.1, 0.15) is 17.3 Å². The van der Waals surface area contributed by atoms with E-state index < -0.39 is 5.82 Å². The Bertz CT molecular complexity index is 1580. The van der Waals surface area contributed by atoms with Gasteiger partial charge < -0.3 is 20.3 Å². The molecule has 2 amide bonds. The van der Waals surface area contributed by atoms with Crippen molar-refractivity contribution >= 4 is 40.3 Å². The number of rotatable bonds is 8. The number of carbonyl (C=O) groups is 2. The molecule has 1 aliphatic heterocycles. The lowest BCUT2D eigenvalue weighted by molar-refractivity contribution is 0.0981. The van der Waals surface area contributed by atoms with Crippen molar-refractivity contribution in [3.63, 3.8) is 0 Å². The van der Waals surface area contributed by atoms with Crippen LogP contribution in [0.15, 0.2) is 66.7 Å². The van der Waals surface area contributed by atoms with Crippen molar-refractivity contribution in [2.24, 2.45) is 5.41 Å². The molecule has 41 heavy (non-hydrogen) atoms. The Kier molecular flexibility index (Phi) is 8.19. The van der Waals surface area contributed by atoms with E-state index in [0.29, 0.717) is 48.1 Å². The quantitative estimate of drug-likeness (QED) is 0.243. The van der Waals surface area contributed by atoms with Crippen LogP contribution >= 0.6 is 11.3 Å². The summed E-state index contributed by atoms with van der Waals surface area (Å²) >= 11 is 1.35. The third-order valence-corrected chi connectivity index (χ3v) is 8.24. The maximum absolute atomic E-state index is 14.4. The number of nitrogens with one attached hydrogen (secondary N) is 2. The number of para-hydroxylation sites is 2. The zero-order valence-corrected chi connectivity index (χ0v) is 24.4. The van der Waals surface area contributed by atoms with Crippen molar-refractivity contribution in [3.8, 4) is 10.4 Å². The molecule has 0 saturated carbocycles. The summed E-state index contributed by atoms with van der Waals surface area (Å²) in [7, 11) is 1.68. The summed E-state index contributed by atoms with van der Waals surface area (Å²) < 4.78 is 19.7. The largest absolute Gasteiger partial charge is 0.384 e. The fraction of sp³-hybridized carbons (Fsp3) is 0.281. The molecule has 0 spiro atoms. The van der Waals surface area contributed by atoms with E-state index in [4.69, 9.17) is 4.74 Å². The first kappa shape index (κ1) is 28.4. The Morgan fingerprint density at radius 3 is 2.66 bits per heavy atom. The number of methoxy groups -OCH3 is 1. The predicted molar refractivity (Wildman–Crippen MR) is 163 cm³/mol. The molecule has 1 aliphatic rings. The average molecular weight is 573 g/mol. The van der Waals surface area contributed by atoms with E-state index in [1.54, 1.807) is 37.1 Å². The van der Waals surface area contributed by atoms with Gasteiger partial charge in [0.2, 0.25) is 0 Å². The van der Waals surface area contributed by atoms with Crippen molar-refractivity contribution in [2.45, 2.75) is 27.2 Å². The molecule has 2 aromatic heterocycles. The molecule has 7 nitrogen and oxygen atoms in total. The molecule has 4 aromatic rings. The molecule has 0 aliphatic carbocycles. The number of hydrogen-bond donors (Lipinski definition) is 2. The van der Waals surface area contributed by atoms with Crippen molar-refractivity contribution in [1.82, 2.24) is 4.98 Å². The Hall–Kier alpha value is -4.08. The predicted octanol–water partition coefficient (Wildman–Crippen LogP) is 6.80. The number of aryl methyl sites for hydroxylation is 1. The van der Waals surface area contributed by atoms with Crippen LogP contribution in [-0.2, 0) is 11.2 Å². The number of pyridine rings is 1. The summed E-state index contributed by atoms with van der Waals surface area (Å²) in [5.41, 5.74) is 3.69. The monoisotopic (exact) mass is 572 g/mol. The van der Waals surface area contributed by atoms with Gasteiger partial charge in [-0.2, -0.15) is 0 Å². The van der Waals surface area contributed by atoms with Gasteiger partial charge in [-0.1, -0.05) is 50.2 Å². The molecule has 0 radical (unpaired) electrons. The number of halogens is 1. The maximum Gasteiger partial charge on any atom is 0.276 e. The molecule has 9 heteroatoms. The molecule has 0 saturated heterocycles. The lowest BCUT2D eigenvalue weighted by Crippen LogP contribution is -2.33. The molecule has 212 valence electrons. The van der Waals surface area contributed by atoms with E-state index >= 15 is 0 Å². The fourth-order valence-corrected chi connectivity index (χ4v) is 6.09. The van der Waals surface area contributed by atoms with Crippen LogP contribution in [0, 0.1) is 18.2 Å². The summed E-state index contributed by atoms with van der Waals surface area (Å²) in [5.74, 6) is -0.394. The molecule has 0 bridgehead atoms. The Morgan fingerprint density at radius 1 is 1.10 bits per heavy atom. The van der Waals surface area contributed by atoms with Crippen molar-refractivity contribution in [1.29, 1.82) is 0 Å². The highest BCUT2D eigenvalue weighted by atomic mass is 32.1. The summed E-state index contributed by atoms with van der Waals surface area (Å²) in [6.07, 6.45) is 0.557. The molecule has 5 rings (SSSR count). The van der Waals surface area contributed by atoms with Crippen LogP contribution in [0.1, 0.15) is 45.1 Å². The van der Waals surface area contributed by atoms with Gasteiger partial charge in [0.05, 0.1) is 22.9 Å². The van der Waals surface area contributed by atoms with Gasteiger partial charge in [-0.15, -0.1) is 11.3 Å². The number of benzene rings is 2. The molecule has 0 unspecified atom stereocenters. The SMILES string of the molecule is COCC(C)(C)CNc1cccc(C(=O)N2CCc3cc(C(=O)Nc4c(C)cccc4F)sc3-c3ccccc32)n1.